The van der Waals surface area contributed by atoms with Crippen molar-refractivity contribution < 1.29 is 4.92 Å². The molecule has 0 amide bonds. The van der Waals surface area contributed by atoms with E-state index in [1.54, 1.807) is 6.07 Å². The summed E-state index contributed by atoms with van der Waals surface area (Å²) in [5.41, 5.74) is 0.0862. The van der Waals surface area contributed by atoms with Crippen LogP contribution in [0.25, 0.3) is 0 Å². The Morgan fingerprint density at radius 3 is 2.62 bits per heavy atom. The fourth-order valence-electron chi connectivity index (χ4n) is 3.23. The maximum atomic E-state index is 11.4. The van der Waals surface area contributed by atoms with Crippen LogP contribution in [0.3, 0.4) is 0 Å². The summed E-state index contributed by atoms with van der Waals surface area (Å²) in [7, 11) is 0. The van der Waals surface area contributed by atoms with E-state index >= 15 is 0 Å². The number of anilines is 1. The summed E-state index contributed by atoms with van der Waals surface area (Å²) in [5, 5.41) is 21.0. The SMILES string of the molecule is CC1CCN(c2nnc(Sc3ccc(Br)cc3[N+](=O)[O-])n2C2CC2)CC1. The van der Waals surface area contributed by atoms with E-state index < -0.39 is 0 Å². The molecule has 1 saturated heterocycles. The van der Waals surface area contributed by atoms with Crippen LogP contribution in [0.5, 0.6) is 0 Å². The third kappa shape index (κ3) is 3.59. The first-order valence-electron chi connectivity index (χ1n) is 8.84. The van der Waals surface area contributed by atoms with Crippen LogP contribution in [0.1, 0.15) is 38.6 Å². The average molecular weight is 438 g/mol. The zero-order chi connectivity index (χ0) is 18.3. The summed E-state index contributed by atoms with van der Waals surface area (Å²) in [6.45, 7) is 4.28. The van der Waals surface area contributed by atoms with Gasteiger partial charge in [-0.15, -0.1) is 10.2 Å². The predicted molar refractivity (Wildman–Crippen MR) is 104 cm³/mol. The Morgan fingerprint density at radius 2 is 1.96 bits per heavy atom. The summed E-state index contributed by atoms with van der Waals surface area (Å²) in [6.07, 6.45) is 4.56. The maximum Gasteiger partial charge on any atom is 0.284 e. The number of nitro benzene ring substituents is 1. The third-order valence-corrected chi connectivity index (χ3v) is 6.46. The second kappa shape index (κ2) is 7.19. The van der Waals surface area contributed by atoms with E-state index in [0.29, 0.717) is 15.4 Å². The molecule has 0 spiro atoms. The van der Waals surface area contributed by atoms with Gasteiger partial charge in [0.05, 0.1) is 9.82 Å². The molecule has 7 nitrogen and oxygen atoms in total. The molecule has 4 rings (SSSR count). The van der Waals surface area contributed by atoms with Crippen molar-refractivity contribution in [1.29, 1.82) is 0 Å². The Balaban J connectivity index is 1.65. The molecule has 0 N–H and O–H groups in total. The molecule has 0 atom stereocenters. The van der Waals surface area contributed by atoms with E-state index in [2.05, 4.69) is 42.5 Å². The van der Waals surface area contributed by atoms with Gasteiger partial charge in [-0.3, -0.25) is 14.7 Å². The van der Waals surface area contributed by atoms with E-state index in [9.17, 15) is 10.1 Å². The van der Waals surface area contributed by atoms with E-state index in [1.165, 1.54) is 17.8 Å². The van der Waals surface area contributed by atoms with E-state index in [4.69, 9.17) is 0 Å². The normalized spacial score (nSPS) is 18.3. The first kappa shape index (κ1) is 17.8. The Labute approximate surface area is 164 Å². The fraction of sp³-hybridized carbons (Fsp3) is 0.529. The number of hydrogen-bond donors (Lipinski definition) is 0. The Hall–Kier alpha value is -1.61. The molecular weight excluding hydrogens is 418 g/mol. The largest absolute Gasteiger partial charge is 0.341 e. The number of rotatable bonds is 5. The standard InChI is InChI=1S/C17H20BrN5O2S/c1-11-6-8-21(9-7-11)16-19-20-17(22(16)13-3-4-13)26-15-5-2-12(18)10-14(15)23(24)25/h2,5,10-11,13H,3-4,6-9H2,1H3. The number of nitrogens with zero attached hydrogens (tertiary/aromatic N) is 5. The molecule has 0 bridgehead atoms. The summed E-state index contributed by atoms with van der Waals surface area (Å²) in [6, 6.07) is 5.53. The van der Waals surface area contributed by atoms with Crippen molar-refractivity contribution in [1.82, 2.24) is 14.8 Å². The molecule has 2 aromatic rings. The molecule has 9 heteroatoms. The van der Waals surface area contributed by atoms with Crippen molar-refractivity contribution in [2.24, 2.45) is 5.92 Å². The number of piperidine rings is 1. The zero-order valence-electron chi connectivity index (χ0n) is 14.5. The molecule has 26 heavy (non-hydrogen) atoms. The third-order valence-electron chi connectivity index (χ3n) is 4.94. The minimum atomic E-state index is -0.349. The first-order chi connectivity index (χ1) is 12.5. The molecule has 1 saturated carbocycles. The van der Waals surface area contributed by atoms with Gasteiger partial charge >= 0.3 is 0 Å². The monoisotopic (exact) mass is 437 g/mol. The fourth-order valence-corrected chi connectivity index (χ4v) is 4.56. The average Bonchev–Trinajstić information content (AvgIpc) is 3.37. The molecule has 2 fully saturated rings. The van der Waals surface area contributed by atoms with Crippen LogP contribution in [0.2, 0.25) is 0 Å². The molecule has 0 unspecified atom stereocenters. The highest BCUT2D eigenvalue weighted by Gasteiger charge is 2.33. The summed E-state index contributed by atoms with van der Waals surface area (Å²) >= 11 is 4.64. The van der Waals surface area contributed by atoms with Gasteiger partial charge < -0.3 is 4.90 Å². The molecule has 0 radical (unpaired) electrons. The lowest BCUT2D eigenvalue weighted by Crippen LogP contribution is -2.34. The van der Waals surface area contributed by atoms with Gasteiger partial charge in [0.2, 0.25) is 5.95 Å². The van der Waals surface area contributed by atoms with Crippen LogP contribution in [0, 0.1) is 16.0 Å². The summed E-state index contributed by atoms with van der Waals surface area (Å²) in [4.78, 5) is 13.9. The lowest BCUT2D eigenvalue weighted by molar-refractivity contribution is -0.387. The molecule has 1 aliphatic carbocycles. The highest BCUT2D eigenvalue weighted by atomic mass is 79.9. The number of benzene rings is 1. The van der Waals surface area contributed by atoms with Crippen LogP contribution in [-0.2, 0) is 0 Å². The van der Waals surface area contributed by atoms with Crippen molar-refractivity contribution >= 4 is 39.3 Å². The van der Waals surface area contributed by atoms with Crippen LogP contribution >= 0.6 is 27.7 Å². The minimum absolute atomic E-state index is 0.0862. The predicted octanol–water partition coefficient (Wildman–Crippen LogP) is 4.67. The molecule has 2 aliphatic rings. The molecular formula is C17H20BrN5O2S. The van der Waals surface area contributed by atoms with E-state index in [-0.39, 0.29) is 10.6 Å². The van der Waals surface area contributed by atoms with Crippen molar-refractivity contribution in [3.8, 4) is 0 Å². The van der Waals surface area contributed by atoms with Gasteiger partial charge in [-0.2, -0.15) is 0 Å². The lowest BCUT2D eigenvalue weighted by atomic mass is 10.00. The molecule has 1 aromatic heterocycles. The Kier molecular flexibility index (Phi) is 4.92. The number of hydrogen-bond acceptors (Lipinski definition) is 6. The summed E-state index contributed by atoms with van der Waals surface area (Å²) in [5.74, 6) is 1.67. The molecule has 138 valence electrons. The topological polar surface area (TPSA) is 77.1 Å². The van der Waals surface area contributed by atoms with Gasteiger partial charge in [0, 0.05) is 29.7 Å². The van der Waals surface area contributed by atoms with Crippen molar-refractivity contribution in [2.75, 3.05) is 18.0 Å². The highest BCUT2D eigenvalue weighted by Crippen LogP contribution is 2.44. The van der Waals surface area contributed by atoms with Gasteiger partial charge in [0.1, 0.15) is 0 Å². The van der Waals surface area contributed by atoms with Gasteiger partial charge in [-0.25, -0.2) is 0 Å². The number of nitro groups is 1. The number of halogens is 1. The van der Waals surface area contributed by atoms with Crippen molar-refractivity contribution in [2.45, 2.75) is 48.7 Å². The molecule has 1 aromatic carbocycles. The zero-order valence-corrected chi connectivity index (χ0v) is 16.9. The van der Waals surface area contributed by atoms with Crippen LogP contribution in [-0.4, -0.2) is 32.8 Å². The van der Waals surface area contributed by atoms with Gasteiger partial charge in [0.25, 0.3) is 5.69 Å². The smallest absolute Gasteiger partial charge is 0.284 e. The quantitative estimate of drug-likeness (QED) is 0.499. The lowest BCUT2D eigenvalue weighted by Gasteiger charge is -2.31. The van der Waals surface area contributed by atoms with Crippen molar-refractivity contribution in [3.63, 3.8) is 0 Å². The maximum absolute atomic E-state index is 11.4. The number of aromatic nitrogens is 3. The Morgan fingerprint density at radius 1 is 1.23 bits per heavy atom. The summed E-state index contributed by atoms with van der Waals surface area (Å²) < 4.78 is 2.88. The molecule has 1 aliphatic heterocycles. The van der Waals surface area contributed by atoms with Crippen LogP contribution in [0.15, 0.2) is 32.7 Å². The minimum Gasteiger partial charge on any atom is -0.341 e. The second-order valence-corrected chi connectivity index (χ2v) is 8.95. The van der Waals surface area contributed by atoms with Gasteiger partial charge in [-0.1, -0.05) is 22.9 Å². The molecule has 2 heterocycles. The Bertz CT molecular complexity index is 831. The van der Waals surface area contributed by atoms with Crippen LogP contribution in [0.4, 0.5) is 11.6 Å². The van der Waals surface area contributed by atoms with E-state index in [1.807, 2.05) is 6.07 Å². The first-order valence-corrected chi connectivity index (χ1v) is 10.5. The highest BCUT2D eigenvalue weighted by molar-refractivity contribution is 9.10. The second-order valence-electron chi connectivity index (χ2n) is 7.02. The van der Waals surface area contributed by atoms with Crippen molar-refractivity contribution in [3.05, 3.63) is 32.8 Å². The van der Waals surface area contributed by atoms with Gasteiger partial charge in [-0.05, 0) is 55.5 Å². The van der Waals surface area contributed by atoms with E-state index in [0.717, 1.165) is 55.8 Å². The van der Waals surface area contributed by atoms with Gasteiger partial charge in [0.15, 0.2) is 5.16 Å². The van der Waals surface area contributed by atoms with Crippen LogP contribution < -0.4 is 4.90 Å².